The summed E-state index contributed by atoms with van der Waals surface area (Å²) in [5.74, 6) is 0.962. The van der Waals surface area contributed by atoms with Crippen molar-refractivity contribution >= 4 is 43.6 Å². The van der Waals surface area contributed by atoms with Crippen molar-refractivity contribution in [2.45, 2.75) is 6.42 Å². The summed E-state index contributed by atoms with van der Waals surface area (Å²) < 4.78 is 4.71. The number of benzene rings is 6. The van der Waals surface area contributed by atoms with Gasteiger partial charge in [-0.1, -0.05) is 97.1 Å². The summed E-state index contributed by atoms with van der Waals surface area (Å²) in [6.07, 6.45) is 2.55. The van der Waals surface area contributed by atoms with Gasteiger partial charge in [-0.15, -0.1) is 0 Å². The maximum atomic E-state index is 4.90. The number of aromatic nitrogens is 4. The average Bonchev–Trinajstić information content (AvgIpc) is 3.76. The summed E-state index contributed by atoms with van der Waals surface area (Å²) in [5.41, 5.74) is 13.0. The van der Waals surface area contributed by atoms with Crippen LogP contribution in [-0.4, -0.2) is 19.1 Å². The van der Waals surface area contributed by atoms with Gasteiger partial charge in [0.05, 0.1) is 27.8 Å². The van der Waals surface area contributed by atoms with E-state index in [1.165, 1.54) is 66.1 Å². The summed E-state index contributed by atoms with van der Waals surface area (Å²) in [7, 11) is 0. The first-order chi connectivity index (χ1) is 22.3. The minimum Gasteiger partial charge on any atom is -0.309 e. The summed E-state index contributed by atoms with van der Waals surface area (Å²) in [6.45, 7) is 0. The standard InChI is InChI=1S/C41H26N4/c1-2-11-29(12-3-1)44-36-16-8-6-14-31(36)33-20-18-27(24-39(33)44)26-19-21-38-34(22-26)32-15-7-9-17-37(32)45(38)41-35-23-28-10-4-5-13-30(28)40(35)42-25-43-41/h1-22,24-25H,23H2. The Morgan fingerprint density at radius 2 is 1.11 bits per heavy atom. The van der Waals surface area contributed by atoms with Gasteiger partial charge in [0.2, 0.25) is 0 Å². The summed E-state index contributed by atoms with van der Waals surface area (Å²) >= 11 is 0. The van der Waals surface area contributed by atoms with Crippen molar-refractivity contribution in [3.05, 3.63) is 157 Å². The van der Waals surface area contributed by atoms with Crippen LogP contribution >= 0.6 is 0 Å². The van der Waals surface area contributed by atoms with E-state index in [1.807, 2.05) is 0 Å². The van der Waals surface area contributed by atoms with Crippen molar-refractivity contribution in [1.82, 2.24) is 19.1 Å². The van der Waals surface area contributed by atoms with Crippen LogP contribution in [0.25, 0.3) is 77.5 Å². The molecule has 0 unspecified atom stereocenters. The molecule has 3 heterocycles. The summed E-state index contributed by atoms with van der Waals surface area (Å²) in [4.78, 5) is 9.63. The van der Waals surface area contributed by atoms with E-state index in [-0.39, 0.29) is 0 Å². The molecule has 0 N–H and O–H groups in total. The van der Waals surface area contributed by atoms with Crippen molar-refractivity contribution < 1.29 is 0 Å². The van der Waals surface area contributed by atoms with Crippen LogP contribution in [0.3, 0.4) is 0 Å². The molecule has 1 aliphatic rings. The van der Waals surface area contributed by atoms with Gasteiger partial charge in [0.25, 0.3) is 0 Å². The maximum absolute atomic E-state index is 4.90. The SMILES string of the molecule is c1ccc(-n2c3ccccc3c3ccc(-c4ccc5c(c4)c4ccccc4n5-c4ncnc5c4Cc4ccccc4-5)cc32)cc1. The van der Waals surface area contributed by atoms with Crippen molar-refractivity contribution in [3.63, 3.8) is 0 Å². The molecule has 0 saturated carbocycles. The third-order valence-corrected chi connectivity index (χ3v) is 9.47. The van der Waals surface area contributed by atoms with Gasteiger partial charge in [0, 0.05) is 44.8 Å². The Balaban J connectivity index is 1.19. The highest BCUT2D eigenvalue weighted by atomic mass is 15.1. The first-order valence-electron chi connectivity index (χ1n) is 15.4. The molecule has 210 valence electrons. The second-order valence-electron chi connectivity index (χ2n) is 11.9. The third kappa shape index (κ3) is 3.48. The maximum Gasteiger partial charge on any atom is 0.145 e. The lowest BCUT2D eigenvalue weighted by molar-refractivity contribution is 1.00. The molecule has 0 atom stereocenters. The normalized spacial score (nSPS) is 12.4. The van der Waals surface area contributed by atoms with E-state index in [4.69, 9.17) is 9.97 Å². The first kappa shape index (κ1) is 24.4. The molecule has 0 saturated heterocycles. The van der Waals surface area contributed by atoms with Crippen molar-refractivity contribution in [2.75, 3.05) is 0 Å². The van der Waals surface area contributed by atoms with Gasteiger partial charge in [-0.3, -0.25) is 4.57 Å². The molecule has 0 amide bonds. The van der Waals surface area contributed by atoms with Gasteiger partial charge in [0.1, 0.15) is 12.1 Å². The van der Waals surface area contributed by atoms with Crippen molar-refractivity contribution in [1.29, 1.82) is 0 Å². The Morgan fingerprint density at radius 3 is 1.98 bits per heavy atom. The molecule has 0 radical (unpaired) electrons. The van der Waals surface area contributed by atoms with Crippen LogP contribution in [0.5, 0.6) is 0 Å². The Labute approximate surface area is 259 Å². The minimum atomic E-state index is 0.837. The summed E-state index contributed by atoms with van der Waals surface area (Å²) in [6, 6.07) is 50.3. The highest BCUT2D eigenvalue weighted by Gasteiger charge is 2.25. The van der Waals surface area contributed by atoms with Crippen molar-refractivity contribution in [3.8, 4) is 33.9 Å². The number of hydrogen-bond acceptors (Lipinski definition) is 2. The Kier molecular flexibility index (Phi) is 5.02. The highest BCUT2D eigenvalue weighted by Crippen LogP contribution is 2.41. The molecule has 1 aliphatic carbocycles. The fraction of sp³-hybridized carbons (Fsp3) is 0.0244. The molecule has 10 rings (SSSR count). The van der Waals surface area contributed by atoms with E-state index >= 15 is 0 Å². The third-order valence-electron chi connectivity index (χ3n) is 9.47. The molecular formula is C41H26N4. The summed E-state index contributed by atoms with van der Waals surface area (Å²) in [5, 5.41) is 4.96. The molecule has 0 fully saturated rings. The Morgan fingerprint density at radius 1 is 0.467 bits per heavy atom. The first-order valence-corrected chi connectivity index (χ1v) is 15.4. The lowest BCUT2D eigenvalue weighted by Crippen LogP contribution is -2.03. The zero-order chi connectivity index (χ0) is 29.5. The van der Waals surface area contributed by atoms with Gasteiger partial charge in [-0.05, 0) is 59.2 Å². The molecule has 0 aliphatic heterocycles. The average molecular weight is 575 g/mol. The monoisotopic (exact) mass is 574 g/mol. The number of nitrogens with zero attached hydrogens (tertiary/aromatic N) is 4. The number of rotatable bonds is 3. The van der Waals surface area contributed by atoms with Crippen LogP contribution in [0.4, 0.5) is 0 Å². The van der Waals surface area contributed by atoms with Gasteiger partial charge in [0.15, 0.2) is 0 Å². The molecule has 0 spiro atoms. The topological polar surface area (TPSA) is 35.6 Å². The second-order valence-corrected chi connectivity index (χ2v) is 11.9. The fourth-order valence-electron chi connectivity index (χ4n) is 7.47. The zero-order valence-electron chi connectivity index (χ0n) is 24.4. The van der Waals surface area contributed by atoms with Crippen LogP contribution in [0, 0.1) is 0 Å². The van der Waals surface area contributed by atoms with Crippen LogP contribution in [0.2, 0.25) is 0 Å². The van der Waals surface area contributed by atoms with Crippen LogP contribution in [0.1, 0.15) is 11.1 Å². The highest BCUT2D eigenvalue weighted by molar-refractivity contribution is 6.12. The number of para-hydroxylation sites is 3. The lowest BCUT2D eigenvalue weighted by Gasteiger charge is -2.12. The van der Waals surface area contributed by atoms with Crippen LogP contribution < -0.4 is 0 Å². The minimum absolute atomic E-state index is 0.837. The van der Waals surface area contributed by atoms with Gasteiger partial charge >= 0.3 is 0 Å². The van der Waals surface area contributed by atoms with E-state index in [0.717, 1.165) is 29.0 Å². The number of hydrogen-bond donors (Lipinski definition) is 0. The smallest absolute Gasteiger partial charge is 0.145 e. The second kappa shape index (κ2) is 9.25. The van der Waals surface area contributed by atoms with E-state index in [2.05, 4.69) is 149 Å². The molecule has 4 heteroatoms. The van der Waals surface area contributed by atoms with Gasteiger partial charge in [-0.25, -0.2) is 9.97 Å². The molecule has 6 aromatic carbocycles. The molecule has 45 heavy (non-hydrogen) atoms. The van der Waals surface area contributed by atoms with E-state index in [9.17, 15) is 0 Å². The molecular weight excluding hydrogens is 548 g/mol. The van der Waals surface area contributed by atoms with E-state index in [0.29, 0.717) is 0 Å². The number of fused-ring (bicyclic) bond motifs is 9. The molecule has 0 bridgehead atoms. The molecule has 3 aromatic heterocycles. The zero-order valence-corrected chi connectivity index (χ0v) is 24.4. The van der Waals surface area contributed by atoms with Crippen molar-refractivity contribution in [2.24, 2.45) is 0 Å². The van der Waals surface area contributed by atoms with Gasteiger partial charge < -0.3 is 4.57 Å². The lowest BCUT2D eigenvalue weighted by atomic mass is 10.0. The molecule has 4 nitrogen and oxygen atoms in total. The Bertz CT molecular complexity index is 2620. The predicted octanol–water partition coefficient (Wildman–Crippen LogP) is 9.91. The predicted molar refractivity (Wildman–Crippen MR) is 184 cm³/mol. The largest absolute Gasteiger partial charge is 0.309 e. The van der Waals surface area contributed by atoms with E-state index < -0.39 is 0 Å². The Hall–Kier alpha value is -6.00. The van der Waals surface area contributed by atoms with E-state index in [1.54, 1.807) is 6.33 Å². The quantitative estimate of drug-likeness (QED) is 0.211. The van der Waals surface area contributed by atoms with Crippen LogP contribution in [-0.2, 0) is 6.42 Å². The van der Waals surface area contributed by atoms with Crippen LogP contribution in [0.15, 0.2) is 146 Å². The van der Waals surface area contributed by atoms with Gasteiger partial charge in [-0.2, -0.15) is 0 Å². The fourth-order valence-corrected chi connectivity index (χ4v) is 7.47. The molecule has 9 aromatic rings.